The van der Waals surface area contributed by atoms with Crippen molar-refractivity contribution in [1.82, 2.24) is 9.47 Å². The molecule has 100 valence electrons. The smallest absolute Gasteiger partial charge is 0.352 e. The Hall–Kier alpha value is -1.86. The molecule has 0 spiro atoms. The van der Waals surface area contributed by atoms with Crippen LogP contribution in [-0.2, 0) is 11.3 Å². The van der Waals surface area contributed by atoms with Crippen LogP contribution in [-0.4, -0.2) is 63.0 Å². The van der Waals surface area contributed by atoms with Gasteiger partial charge in [-0.25, -0.2) is 4.79 Å². The molecule has 1 amide bonds. The number of aromatic nitrogens is 1. The molecule has 0 fully saturated rings. The Labute approximate surface area is 104 Å². The first kappa shape index (κ1) is 14.2. The third-order valence-corrected chi connectivity index (χ3v) is 2.45. The number of carboxylic acids is 1. The van der Waals surface area contributed by atoms with Crippen LogP contribution < -0.4 is 0 Å². The van der Waals surface area contributed by atoms with Crippen molar-refractivity contribution in [3.05, 3.63) is 24.0 Å². The van der Waals surface area contributed by atoms with E-state index in [0.717, 1.165) is 0 Å². The summed E-state index contributed by atoms with van der Waals surface area (Å²) in [6.07, 6.45) is 1.50. The van der Waals surface area contributed by atoms with Gasteiger partial charge in [-0.05, 0) is 12.1 Å². The van der Waals surface area contributed by atoms with Gasteiger partial charge in [0.1, 0.15) is 12.2 Å². The molecular formula is C11H16N2O5. The van der Waals surface area contributed by atoms with Crippen molar-refractivity contribution in [1.29, 1.82) is 0 Å². The third kappa shape index (κ3) is 3.57. The zero-order chi connectivity index (χ0) is 13.5. The Kier molecular flexibility index (Phi) is 5.34. The molecule has 7 nitrogen and oxygen atoms in total. The van der Waals surface area contributed by atoms with Crippen LogP contribution in [0.1, 0.15) is 10.5 Å². The molecule has 0 aliphatic carbocycles. The van der Waals surface area contributed by atoms with Crippen LogP contribution in [0, 0.1) is 0 Å². The predicted octanol–water partition coefficient (Wildman–Crippen LogP) is -1.00. The maximum Gasteiger partial charge on any atom is 0.352 e. The van der Waals surface area contributed by atoms with Crippen LogP contribution >= 0.6 is 0 Å². The maximum absolute atomic E-state index is 11.9. The number of hydrogen-bond donors (Lipinski definition) is 3. The number of hydrogen-bond acceptors (Lipinski definition) is 4. The van der Waals surface area contributed by atoms with E-state index in [1.807, 2.05) is 0 Å². The molecule has 0 aliphatic heterocycles. The van der Waals surface area contributed by atoms with Crippen molar-refractivity contribution in [2.75, 3.05) is 26.3 Å². The fourth-order valence-corrected chi connectivity index (χ4v) is 1.59. The normalized spacial score (nSPS) is 10.3. The number of carbonyl (C=O) groups is 2. The number of carbonyl (C=O) groups excluding carboxylic acids is 1. The fourth-order valence-electron chi connectivity index (χ4n) is 1.59. The van der Waals surface area contributed by atoms with E-state index >= 15 is 0 Å². The van der Waals surface area contributed by atoms with Crippen molar-refractivity contribution in [3.63, 3.8) is 0 Å². The molecule has 1 heterocycles. The summed E-state index contributed by atoms with van der Waals surface area (Å²) < 4.78 is 1.31. The molecule has 1 aromatic heterocycles. The van der Waals surface area contributed by atoms with Gasteiger partial charge < -0.3 is 24.8 Å². The van der Waals surface area contributed by atoms with Gasteiger partial charge in [0, 0.05) is 19.3 Å². The van der Waals surface area contributed by atoms with Crippen LogP contribution in [0.4, 0.5) is 0 Å². The Bertz CT molecular complexity index is 409. The highest BCUT2D eigenvalue weighted by molar-refractivity contribution is 5.86. The summed E-state index contributed by atoms with van der Waals surface area (Å²) in [6, 6.07) is 2.94. The minimum atomic E-state index is -1.11. The second-order valence-electron chi connectivity index (χ2n) is 3.65. The topological polar surface area (TPSA) is 103 Å². The van der Waals surface area contributed by atoms with Gasteiger partial charge in [-0.15, -0.1) is 0 Å². The highest BCUT2D eigenvalue weighted by atomic mass is 16.4. The SMILES string of the molecule is O=C(O)c1cccn1CC(=O)N(CCO)CCO. The van der Waals surface area contributed by atoms with Gasteiger partial charge >= 0.3 is 5.97 Å². The summed E-state index contributed by atoms with van der Waals surface area (Å²) in [5.74, 6) is -1.46. The van der Waals surface area contributed by atoms with Crippen molar-refractivity contribution < 1.29 is 24.9 Å². The van der Waals surface area contributed by atoms with Gasteiger partial charge in [0.25, 0.3) is 0 Å². The van der Waals surface area contributed by atoms with Gasteiger partial charge in [-0.3, -0.25) is 4.79 Å². The fraction of sp³-hybridized carbons (Fsp3) is 0.455. The largest absolute Gasteiger partial charge is 0.477 e. The summed E-state index contributed by atoms with van der Waals surface area (Å²) in [5, 5.41) is 26.5. The zero-order valence-corrected chi connectivity index (χ0v) is 9.82. The molecule has 3 N–H and O–H groups in total. The average Bonchev–Trinajstić information content (AvgIpc) is 2.77. The molecule has 0 atom stereocenters. The minimum absolute atomic E-state index is 0.0243. The lowest BCUT2D eigenvalue weighted by Crippen LogP contribution is -2.38. The van der Waals surface area contributed by atoms with Gasteiger partial charge in [0.05, 0.1) is 13.2 Å². The first-order chi connectivity index (χ1) is 8.60. The number of carboxylic acid groups (broad SMARTS) is 1. The van der Waals surface area contributed by atoms with Crippen LogP contribution in [0.25, 0.3) is 0 Å². The molecule has 0 saturated carbocycles. The summed E-state index contributed by atoms with van der Waals surface area (Å²) in [6.45, 7) is -0.312. The lowest BCUT2D eigenvalue weighted by Gasteiger charge is -2.21. The molecule has 1 rings (SSSR count). The molecule has 0 radical (unpaired) electrons. The Morgan fingerprint density at radius 1 is 1.22 bits per heavy atom. The third-order valence-electron chi connectivity index (χ3n) is 2.45. The van der Waals surface area contributed by atoms with Crippen LogP contribution in [0.3, 0.4) is 0 Å². The molecule has 0 aromatic carbocycles. The van der Waals surface area contributed by atoms with E-state index in [1.165, 1.54) is 21.7 Å². The van der Waals surface area contributed by atoms with Crippen LogP contribution in [0.2, 0.25) is 0 Å². The average molecular weight is 256 g/mol. The molecule has 0 saturated heterocycles. The molecule has 7 heteroatoms. The van der Waals surface area contributed by atoms with Gasteiger partial charge in [0.2, 0.25) is 5.91 Å². The number of nitrogens with zero attached hydrogens (tertiary/aromatic N) is 2. The standard InChI is InChI=1S/C11H16N2O5/c14-6-4-12(5-7-15)10(16)8-13-3-1-2-9(13)11(17)18/h1-3,14-15H,4-8H2,(H,17,18). The summed E-state index contributed by atoms with van der Waals surface area (Å²) in [4.78, 5) is 24.0. The van der Waals surface area contributed by atoms with E-state index in [2.05, 4.69) is 0 Å². The number of aliphatic hydroxyl groups excluding tert-OH is 2. The van der Waals surface area contributed by atoms with Crippen molar-refractivity contribution in [2.24, 2.45) is 0 Å². The second-order valence-corrected chi connectivity index (χ2v) is 3.65. The van der Waals surface area contributed by atoms with E-state index < -0.39 is 5.97 Å². The van der Waals surface area contributed by atoms with E-state index in [1.54, 1.807) is 6.07 Å². The van der Waals surface area contributed by atoms with E-state index in [0.29, 0.717) is 0 Å². The Balaban J connectivity index is 2.72. The number of rotatable bonds is 7. The first-order valence-electron chi connectivity index (χ1n) is 5.48. The number of amides is 1. The number of aromatic carboxylic acids is 1. The maximum atomic E-state index is 11.9. The first-order valence-corrected chi connectivity index (χ1v) is 5.48. The highest BCUT2D eigenvalue weighted by Crippen LogP contribution is 2.03. The summed E-state index contributed by atoms with van der Waals surface area (Å²) in [7, 11) is 0. The van der Waals surface area contributed by atoms with E-state index in [-0.39, 0.29) is 44.4 Å². The van der Waals surface area contributed by atoms with Crippen molar-refractivity contribution in [2.45, 2.75) is 6.54 Å². The van der Waals surface area contributed by atoms with Gasteiger partial charge in [0.15, 0.2) is 0 Å². The van der Waals surface area contributed by atoms with E-state index in [4.69, 9.17) is 15.3 Å². The molecule has 0 aliphatic rings. The summed E-state index contributed by atoms with van der Waals surface area (Å²) >= 11 is 0. The van der Waals surface area contributed by atoms with Crippen molar-refractivity contribution in [3.8, 4) is 0 Å². The van der Waals surface area contributed by atoms with Gasteiger partial charge in [-0.1, -0.05) is 0 Å². The molecule has 0 bridgehead atoms. The van der Waals surface area contributed by atoms with Crippen LogP contribution in [0.15, 0.2) is 18.3 Å². The molecule has 0 unspecified atom stereocenters. The summed E-state index contributed by atoms with van der Waals surface area (Å²) in [5.41, 5.74) is 0.0243. The predicted molar refractivity (Wildman–Crippen MR) is 62.1 cm³/mol. The molecule has 18 heavy (non-hydrogen) atoms. The highest BCUT2D eigenvalue weighted by Gasteiger charge is 2.16. The Morgan fingerprint density at radius 2 is 1.83 bits per heavy atom. The van der Waals surface area contributed by atoms with Crippen molar-refractivity contribution >= 4 is 11.9 Å². The Morgan fingerprint density at radius 3 is 2.33 bits per heavy atom. The lowest BCUT2D eigenvalue weighted by molar-refractivity contribution is -0.132. The second kappa shape index (κ2) is 6.77. The van der Waals surface area contributed by atoms with E-state index in [9.17, 15) is 9.59 Å². The molecule has 1 aromatic rings. The zero-order valence-electron chi connectivity index (χ0n) is 9.82. The molecular weight excluding hydrogens is 240 g/mol. The van der Waals surface area contributed by atoms with Crippen LogP contribution in [0.5, 0.6) is 0 Å². The lowest BCUT2D eigenvalue weighted by atomic mass is 10.4. The van der Waals surface area contributed by atoms with Gasteiger partial charge in [-0.2, -0.15) is 0 Å². The monoisotopic (exact) mass is 256 g/mol. The number of aliphatic hydroxyl groups is 2. The quantitative estimate of drug-likeness (QED) is 0.580. The minimum Gasteiger partial charge on any atom is -0.477 e.